The molecule has 0 saturated carbocycles. The molecule has 1 saturated heterocycles. The first-order chi connectivity index (χ1) is 5.86. The number of hydrogen-bond donors (Lipinski definition) is 2. The van der Waals surface area contributed by atoms with Crippen LogP contribution in [0.5, 0.6) is 0 Å². The molecule has 0 aromatic carbocycles. The van der Waals surface area contributed by atoms with Gasteiger partial charge in [-0.05, 0) is 6.92 Å². The summed E-state index contributed by atoms with van der Waals surface area (Å²) in [6, 6.07) is 0.428. The summed E-state index contributed by atoms with van der Waals surface area (Å²) in [5.41, 5.74) is 0. The van der Waals surface area contributed by atoms with E-state index in [0.29, 0.717) is 6.04 Å². The monoisotopic (exact) mass is 183 g/mol. The fourth-order valence-corrected chi connectivity index (χ4v) is 2.21. The Balaban J connectivity index is 2.08. The SMILES string of the molecule is Cc1cnc(C2CNCCN2)s1. The highest BCUT2D eigenvalue weighted by Gasteiger charge is 2.16. The molecule has 2 heterocycles. The molecule has 0 bridgehead atoms. The van der Waals surface area contributed by atoms with E-state index < -0.39 is 0 Å². The number of nitrogens with one attached hydrogen (secondary N) is 2. The Morgan fingerprint density at radius 3 is 3.08 bits per heavy atom. The van der Waals surface area contributed by atoms with Crippen molar-refractivity contribution in [1.29, 1.82) is 0 Å². The van der Waals surface area contributed by atoms with Crippen LogP contribution < -0.4 is 10.6 Å². The first kappa shape index (κ1) is 8.16. The molecule has 12 heavy (non-hydrogen) atoms. The van der Waals surface area contributed by atoms with E-state index in [0.717, 1.165) is 19.6 Å². The summed E-state index contributed by atoms with van der Waals surface area (Å²) < 4.78 is 0. The molecule has 0 spiro atoms. The van der Waals surface area contributed by atoms with Crippen molar-refractivity contribution < 1.29 is 0 Å². The van der Waals surface area contributed by atoms with Crippen LogP contribution in [0, 0.1) is 6.92 Å². The van der Waals surface area contributed by atoms with Crippen LogP contribution in [-0.2, 0) is 0 Å². The van der Waals surface area contributed by atoms with Crippen LogP contribution in [0.1, 0.15) is 15.9 Å². The Bertz CT molecular complexity index is 253. The molecular formula is C8H13N3S. The van der Waals surface area contributed by atoms with Crippen molar-refractivity contribution in [2.24, 2.45) is 0 Å². The summed E-state index contributed by atoms with van der Waals surface area (Å²) in [5, 5.41) is 7.99. The van der Waals surface area contributed by atoms with Crippen molar-refractivity contribution in [3.63, 3.8) is 0 Å². The van der Waals surface area contributed by atoms with Crippen molar-refractivity contribution in [3.05, 3.63) is 16.1 Å². The summed E-state index contributed by atoms with van der Waals surface area (Å²) in [6.07, 6.45) is 1.94. The van der Waals surface area contributed by atoms with Gasteiger partial charge in [0, 0.05) is 30.7 Å². The van der Waals surface area contributed by atoms with Crippen LogP contribution in [0.2, 0.25) is 0 Å². The quantitative estimate of drug-likeness (QED) is 0.672. The number of piperazine rings is 1. The molecule has 0 aliphatic carbocycles. The molecule has 4 heteroatoms. The molecule has 1 fully saturated rings. The summed E-state index contributed by atoms with van der Waals surface area (Å²) in [7, 11) is 0. The van der Waals surface area contributed by atoms with Gasteiger partial charge in [-0.1, -0.05) is 0 Å². The fraction of sp³-hybridized carbons (Fsp3) is 0.625. The van der Waals surface area contributed by atoms with Gasteiger partial charge in [0.2, 0.25) is 0 Å². The molecular weight excluding hydrogens is 170 g/mol. The largest absolute Gasteiger partial charge is 0.313 e. The van der Waals surface area contributed by atoms with Crippen LogP contribution >= 0.6 is 11.3 Å². The predicted octanol–water partition coefficient (Wildman–Crippen LogP) is 0.685. The molecule has 2 rings (SSSR count). The molecule has 0 radical (unpaired) electrons. The lowest BCUT2D eigenvalue weighted by molar-refractivity contribution is 0.429. The maximum absolute atomic E-state index is 4.36. The second-order valence-electron chi connectivity index (χ2n) is 3.02. The lowest BCUT2D eigenvalue weighted by Gasteiger charge is -2.22. The summed E-state index contributed by atoms with van der Waals surface area (Å²) in [6.45, 7) is 5.22. The number of thiazole rings is 1. The molecule has 1 unspecified atom stereocenters. The van der Waals surface area contributed by atoms with E-state index in [9.17, 15) is 0 Å². The summed E-state index contributed by atoms with van der Waals surface area (Å²) >= 11 is 1.78. The highest BCUT2D eigenvalue weighted by molar-refractivity contribution is 7.11. The van der Waals surface area contributed by atoms with E-state index in [-0.39, 0.29) is 0 Å². The molecule has 3 nitrogen and oxygen atoms in total. The van der Waals surface area contributed by atoms with Crippen LogP contribution in [0.3, 0.4) is 0 Å². The molecule has 0 amide bonds. The van der Waals surface area contributed by atoms with Crippen molar-refractivity contribution in [1.82, 2.24) is 15.6 Å². The number of rotatable bonds is 1. The van der Waals surface area contributed by atoms with Crippen molar-refractivity contribution in [3.8, 4) is 0 Å². The van der Waals surface area contributed by atoms with E-state index in [1.54, 1.807) is 11.3 Å². The van der Waals surface area contributed by atoms with Gasteiger partial charge in [-0.15, -0.1) is 11.3 Å². The number of aryl methyl sites for hydroxylation is 1. The van der Waals surface area contributed by atoms with Gasteiger partial charge in [-0.25, -0.2) is 4.98 Å². The molecule has 2 N–H and O–H groups in total. The topological polar surface area (TPSA) is 37.0 Å². The van der Waals surface area contributed by atoms with Gasteiger partial charge in [-0.3, -0.25) is 0 Å². The predicted molar refractivity (Wildman–Crippen MR) is 50.5 cm³/mol. The third-order valence-corrected chi connectivity index (χ3v) is 3.00. The molecule has 1 aromatic heterocycles. The van der Waals surface area contributed by atoms with Crippen LogP contribution in [0.15, 0.2) is 6.20 Å². The summed E-state index contributed by atoms with van der Waals surface area (Å²) in [4.78, 5) is 5.64. The maximum atomic E-state index is 4.36. The van der Waals surface area contributed by atoms with Crippen LogP contribution in [-0.4, -0.2) is 24.6 Å². The van der Waals surface area contributed by atoms with E-state index in [1.807, 2.05) is 6.20 Å². The lowest BCUT2D eigenvalue weighted by Crippen LogP contribution is -2.42. The van der Waals surface area contributed by atoms with Gasteiger partial charge in [0.15, 0.2) is 0 Å². The maximum Gasteiger partial charge on any atom is 0.111 e. The minimum absolute atomic E-state index is 0.428. The highest BCUT2D eigenvalue weighted by Crippen LogP contribution is 2.19. The molecule has 1 aromatic rings. The first-order valence-electron chi connectivity index (χ1n) is 4.22. The summed E-state index contributed by atoms with van der Waals surface area (Å²) in [5.74, 6) is 0. The zero-order valence-electron chi connectivity index (χ0n) is 7.13. The smallest absolute Gasteiger partial charge is 0.111 e. The van der Waals surface area contributed by atoms with Gasteiger partial charge < -0.3 is 10.6 Å². The number of nitrogens with zero attached hydrogens (tertiary/aromatic N) is 1. The second kappa shape index (κ2) is 3.51. The first-order valence-corrected chi connectivity index (χ1v) is 5.04. The molecule has 1 atom stereocenters. The van der Waals surface area contributed by atoms with E-state index >= 15 is 0 Å². The Morgan fingerprint density at radius 2 is 2.50 bits per heavy atom. The van der Waals surface area contributed by atoms with Crippen molar-refractivity contribution >= 4 is 11.3 Å². The van der Waals surface area contributed by atoms with Gasteiger partial charge in [0.1, 0.15) is 5.01 Å². The Hall–Kier alpha value is -0.450. The van der Waals surface area contributed by atoms with E-state index in [4.69, 9.17) is 0 Å². The van der Waals surface area contributed by atoms with Crippen molar-refractivity contribution in [2.75, 3.05) is 19.6 Å². The third-order valence-electron chi connectivity index (χ3n) is 1.98. The molecule has 66 valence electrons. The van der Waals surface area contributed by atoms with E-state index in [2.05, 4.69) is 22.5 Å². The van der Waals surface area contributed by atoms with Crippen molar-refractivity contribution in [2.45, 2.75) is 13.0 Å². The number of hydrogen-bond acceptors (Lipinski definition) is 4. The zero-order chi connectivity index (χ0) is 8.39. The number of aromatic nitrogens is 1. The van der Waals surface area contributed by atoms with E-state index in [1.165, 1.54) is 9.88 Å². The van der Waals surface area contributed by atoms with Crippen LogP contribution in [0.4, 0.5) is 0 Å². The minimum Gasteiger partial charge on any atom is -0.313 e. The van der Waals surface area contributed by atoms with Gasteiger partial charge in [0.05, 0.1) is 6.04 Å². The van der Waals surface area contributed by atoms with Gasteiger partial charge in [0.25, 0.3) is 0 Å². The average Bonchev–Trinajstić information content (AvgIpc) is 2.54. The Morgan fingerprint density at radius 1 is 1.58 bits per heavy atom. The minimum atomic E-state index is 0.428. The normalized spacial score (nSPS) is 24.2. The van der Waals surface area contributed by atoms with Gasteiger partial charge >= 0.3 is 0 Å². The fourth-order valence-electron chi connectivity index (χ4n) is 1.36. The highest BCUT2D eigenvalue weighted by atomic mass is 32.1. The standard InChI is InChI=1S/C8H13N3S/c1-6-4-11-8(12-6)7-5-9-2-3-10-7/h4,7,9-10H,2-3,5H2,1H3. The van der Waals surface area contributed by atoms with Gasteiger partial charge in [-0.2, -0.15) is 0 Å². The lowest BCUT2D eigenvalue weighted by atomic mass is 10.2. The Labute approximate surface area is 76.2 Å². The Kier molecular flexibility index (Phi) is 2.39. The third kappa shape index (κ3) is 1.65. The average molecular weight is 183 g/mol. The molecule has 1 aliphatic rings. The van der Waals surface area contributed by atoms with Crippen LogP contribution in [0.25, 0.3) is 0 Å². The zero-order valence-corrected chi connectivity index (χ0v) is 7.95. The second-order valence-corrected chi connectivity index (χ2v) is 4.29. The molecule has 1 aliphatic heterocycles.